The molecule has 1 fully saturated rings. The van der Waals surface area contributed by atoms with Crippen molar-refractivity contribution in [3.05, 3.63) is 0 Å². The van der Waals surface area contributed by atoms with E-state index in [1.54, 1.807) is 20.8 Å². The Bertz CT molecular complexity index is 291. The van der Waals surface area contributed by atoms with Gasteiger partial charge in [-0.25, -0.2) is 0 Å². The van der Waals surface area contributed by atoms with Crippen molar-refractivity contribution >= 4 is 18.2 Å². The van der Waals surface area contributed by atoms with Crippen molar-refractivity contribution < 1.29 is 23.9 Å². The van der Waals surface area contributed by atoms with Crippen molar-refractivity contribution in [2.24, 2.45) is 17.3 Å². The highest BCUT2D eigenvalue weighted by Gasteiger charge is 2.74. The Hall–Kier alpha value is -1.39. The third kappa shape index (κ3) is 1.60. The molecule has 0 aromatic heterocycles. The Morgan fingerprint density at radius 2 is 1.62 bits per heavy atom. The number of hydrogen-bond acceptors (Lipinski definition) is 5. The molecule has 0 N–H and O–H groups in total. The summed E-state index contributed by atoms with van der Waals surface area (Å²) in [5.74, 6) is -2.27. The lowest BCUT2D eigenvalue weighted by atomic mass is 10.0. The highest BCUT2D eigenvalue weighted by Crippen LogP contribution is 2.59. The van der Waals surface area contributed by atoms with Crippen LogP contribution in [-0.4, -0.2) is 31.4 Å². The predicted octanol–water partition coefficient (Wildman–Crippen LogP) is 0.564. The molecule has 0 heterocycles. The van der Waals surface area contributed by atoms with Gasteiger partial charge in [0.2, 0.25) is 0 Å². The van der Waals surface area contributed by atoms with Crippen molar-refractivity contribution in [3.8, 4) is 0 Å². The zero-order valence-corrected chi connectivity index (χ0v) is 9.69. The molecule has 0 aliphatic heterocycles. The zero-order chi connectivity index (χ0) is 12.3. The minimum atomic E-state index is -1.40. The first-order valence-corrected chi connectivity index (χ1v) is 5.37. The van der Waals surface area contributed by atoms with E-state index in [4.69, 9.17) is 9.47 Å². The first-order valence-electron chi connectivity index (χ1n) is 5.37. The summed E-state index contributed by atoms with van der Waals surface area (Å²) >= 11 is 0. The van der Waals surface area contributed by atoms with Gasteiger partial charge in [0.1, 0.15) is 6.29 Å². The molecule has 16 heavy (non-hydrogen) atoms. The van der Waals surface area contributed by atoms with Crippen molar-refractivity contribution in [1.29, 1.82) is 0 Å². The Morgan fingerprint density at radius 1 is 1.19 bits per heavy atom. The first-order chi connectivity index (χ1) is 7.57. The van der Waals surface area contributed by atoms with Crippen LogP contribution in [0.1, 0.15) is 20.8 Å². The standard InChI is InChI=1S/C11H16O5/c1-4-15-9(13)11(10(14)16-5-2)7(3)8(11)6-12/h6-8H,4-5H2,1-3H3/t7-,8-/m1/s1. The quantitative estimate of drug-likeness (QED) is 0.391. The molecule has 1 rings (SSSR count). The minimum absolute atomic E-state index is 0.179. The molecule has 1 aliphatic rings. The van der Waals surface area contributed by atoms with Crippen LogP contribution in [0.15, 0.2) is 0 Å². The van der Waals surface area contributed by atoms with Crippen LogP contribution in [0.3, 0.4) is 0 Å². The normalized spacial score (nSPS) is 25.7. The SMILES string of the molecule is CCOC(=O)C1(C(=O)OCC)[C@H](C)[C@H]1C=O. The second-order valence-electron chi connectivity index (χ2n) is 3.76. The highest BCUT2D eigenvalue weighted by molar-refractivity contribution is 6.07. The summed E-state index contributed by atoms with van der Waals surface area (Å²) < 4.78 is 9.68. The van der Waals surface area contributed by atoms with E-state index in [2.05, 4.69) is 0 Å². The van der Waals surface area contributed by atoms with Crippen LogP contribution in [0.25, 0.3) is 0 Å². The first kappa shape index (κ1) is 12.7. The van der Waals surface area contributed by atoms with Crippen LogP contribution in [0.4, 0.5) is 0 Å². The third-order valence-electron chi connectivity index (χ3n) is 3.05. The van der Waals surface area contributed by atoms with Gasteiger partial charge >= 0.3 is 11.9 Å². The van der Waals surface area contributed by atoms with Gasteiger partial charge in [0.15, 0.2) is 5.41 Å². The summed E-state index contributed by atoms with van der Waals surface area (Å²) in [6.45, 7) is 5.34. The lowest BCUT2D eigenvalue weighted by molar-refractivity contribution is -0.166. The lowest BCUT2D eigenvalue weighted by Crippen LogP contribution is -2.33. The second-order valence-corrected chi connectivity index (χ2v) is 3.76. The molecule has 1 aliphatic carbocycles. The van der Waals surface area contributed by atoms with Gasteiger partial charge < -0.3 is 14.3 Å². The Labute approximate surface area is 94.1 Å². The summed E-state index contributed by atoms with van der Waals surface area (Å²) in [6, 6.07) is 0. The lowest BCUT2D eigenvalue weighted by Gasteiger charge is -2.13. The van der Waals surface area contributed by atoms with E-state index in [0.717, 1.165) is 0 Å². The van der Waals surface area contributed by atoms with Gasteiger partial charge in [0.25, 0.3) is 0 Å². The predicted molar refractivity (Wildman–Crippen MR) is 54.4 cm³/mol. The van der Waals surface area contributed by atoms with Crippen LogP contribution in [0.5, 0.6) is 0 Å². The number of rotatable bonds is 5. The highest BCUT2D eigenvalue weighted by atomic mass is 16.6. The fourth-order valence-corrected chi connectivity index (χ4v) is 2.05. The number of esters is 2. The van der Waals surface area contributed by atoms with E-state index < -0.39 is 23.3 Å². The summed E-state index contributed by atoms with van der Waals surface area (Å²) in [4.78, 5) is 34.3. The van der Waals surface area contributed by atoms with Crippen LogP contribution in [-0.2, 0) is 23.9 Å². The molecule has 1 saturated carbocycles. The van der Waals surface area contributed by atoms with Gasteiger partial charge in [0.05, 0.1) is 13.2 Å². The molecule has 0 aromatic carbocycles. The Morgan fingerprint density at radius 3 is 1.88 bits per heavy atom. The molecular weight excluding hydrogens is 212 g/mol. The molecule has 5 heteroatoms. The smallest absolute Gasteiger partial charge is 0.324 e. The van der Waals surface area contributed by atoms with Crippen molar-refractivity contribution in [2.45, 2.75) is 20.8 Å². The van der Waals surface area contributed by atoms with Gasteiger partial charge in [-0.05, 0) is 19.8 Å². The summed E-state index contributed by atoms with van der Waals surface area (Å²) in [5, 5.41) is 0. The third-order valence-corrected chi connectivity index (χ3v) is 3.05. The topological polar surface area (TPSA) is 69.7 Å². The molecule has 0 aromatic rings. The number of aldehydes is 1. The molecule has 0 spiro atoms. The van der Waals surface area contributed by atoms with E-state index >= 15 is 0 Å². The van der Waals surface area contributed by atoms with Gasteiger partial charge in [-0.2, -0.15) is 0 Å². The van der Waals surface area contributed by atoms with Gasteiger partial charge in [-0.1, -0.05) is 6.92 Å². The Kier molecular flexibility index (Phi) is 3.67. The minimum Gasteiger partial charge on any atom is -0.465 e. The number of carbonyl (C=O) groups excluding carboxylic acids is 3. The van der Waals surface area contributed by atoms with E-state index in [9.17, 15) is 14.4 Å². The molecule has 0 radical (unpaired) electrons. The maximum absolute atomic E-state index is 11.7. The van der Waals surface area contributed by atoms with Crippen molar-refractivity contribution in [3.63, 3.8) is 0 Å². The molecule has 0 bridgehead atoms. The van der Waals surface area contributed by atoms with Gasteiger partial charge in [-0.3, -0.25) is 9.59 Å². The van der Waals surface area contributed by atoms with Crippen molar-refractivity contribution in [2.75, 3.05) is 13.2 Å². The molecule has 0 amide bonds. The van der Waals surface area contributed by atoms with E-state index in [1.165, 1.54) is 0 Å². The summed E-state index contributed by atoms with van der Waals surface area (Å²) in [6.07, 6.45) is 0.624. The van der Waals surface area contributed by atoms with E-state index in [-0.39, 0.29) is 19.1 Å². The molecule has 2 atom stereocenters. The van der Waals surface area contributed by atoms with Crippen LogP contribution in [0, 0.1) is 17.3 Å². The molecule has 0 unspecified atom stereocenters. The average Bonchev–Trinajstić information content (AvgIpc) is 2.85. The number of ether oxygens (including phenoxy) is 2. The molecular formula is C11H16O5. The monoisotopic (exact) mass is 228 g/mol. The van der Waals surface area contributed by atoms with E-state index in [1.807, 2.05) is 0 Å². The van der Waals surface area contributed by atoms with Gasteiger partial charge in [0, 0.05) is 5.92 Å². The Balaban J connectivity index is 2.92. The largest absolute Gasteiger partial charge is 0.465 e. The number of hydrogen-bond donors (Lipinski definition) is 0. The molecule has 0 saturated heterocycles. The van der Waals surface area contributed by atoms with E-state index in [0.29, 0.717) is 6.29 Å². The fourth-order valence-electron chi connectivity index (χ4n) is 2.05. The van der Waals surface area contributed by atoms with Crippen LogP contribution in [0.2, 0.25) is 0 Å². The second kappa shape index (κ2) is 4.63. The van der Waals surface area contributed by atoms with Gasteiger partial charge in [-0.15, -0.1) is 0 Å². The molecule has 90 valence electrons. The molecule has 5 nitrogen and oxygen atoms in total. The fraction of sp³-hybridized carbons (Fsp3) is 0.727. The maximum atomic E-state index is 11.7. The maximum Gasteiger partial charge on any atom is 0.324 e. The summed E-state index contributed by atoms with van der Waals surface area (Å²) in [5.41, 5.74) is -1.40. The van der Waals surface area contributed by atoms with Crippen LogP contribution >= 0.6 is 0 Å². The number of carbonyl (C=O) groups is 3. The zero-order valence-electron chi connectivity index (χ0n) is 9.69. The van der Waals surface area contributed by atoms with Crippen molar-refractivity contribution in [1.82, 2.24) is 0 Å². The average molecular weight is 228 g/mol. The van der Waals surface area contributed by atoms with Crippen LogP contribution < -0.4 is 0 Å². The summed E-state index contributed by atoms with van der Waals surface area (Å²) in [7, 11) is 0.